The second kappa shape index (κ2) is 9.41. The molecule has 0 spiro atoms. The number of Topliss-reactive ketones (excluding diaryl/α,β-unsaturated/α-hetero) is 1. The molecule has 1 fully saturated rings. The molecule has 2 aromatic carbocycles. The monoisotopic (exact) mass is 548 g/mol. The number of aliphatic hydroxyl groups is 1. The molecule has 1 amide bonds. The first kappa shape index (κ1) is 24.3. The number of amides is 1. The molecule has 7 nitrogen and oxygen atoms in total. The van der Waals surface area contributed by atoms with Gasteiger partial charge in [0.2, 0.25) is 0 Å². The van der Waals surface area contributed by atoms with Crippen molar-refractivity contribution in [2.75, 3.05) is 12.0 Å². The molecule has 1 saturated heterocycles. The van der Waals surface area contributed by atoms with Crippen molar-refractivity contribution in [2.24, 2.45) is 0 Å². The van der Waals surface area contributed by atoms with Crippen LogP contribution >= 0.6 is 15.9 Å². The maximum atomic E-state index is 13.1. The number of hydrogen-bond acceptors (Lipinski definition) is 6. The summed E-state index contributed by atoms with van der Waals surface area (Å²) < 4.78 is 47.9. The highest BCUT2D eigenvalue weighted by Crippen LogP contribution is 2.43. The Labute approximate surface area is 205 Å². The fraction of sp³-hybridized carbons (Fsp3) is 0.125. The summed E-state index contributed by atoms with van der Waals surface area (Å²) in [5, 5.41) is 11.1. The molecule has 0 radical (unpaired) electrons. The first-order valence-electron chi connectivity index (χ1n) is 10.0. The molecule has 35 heavy (non-hydrogen) atoms. The Balaban J connectivity index is 1.89. The summed E-state index contributed by atoms with van der Waals surface area (Å²) in [5.74, 6) is -2.57. The minimum Gasteiger partial charge on any atom is -0.507 e. The third-order valence-corrected chi connectivity index (χ3v) is 5.84. The normalized spacial score (nSPS) is 17.5. The topological polar surface area (TPSA) is 89.0 Å². The Morgan fingerprint density at radius 2 is 1.80 bits per heavy atom. The number of benzene rings is 2. The number of ketones is 1. The number of nitrogens with zero attached hydrogens (tertiary/aromatic N) is 2. The molecule has 3 aromatic rings. The first-order valence-corrected chi connectivity index (χ1v) is 10.8. The predicted octanol–water partition coefficient (Wildman–Crippen LogP) is 5.38. The van der Waals surface area contributed by atoms with Crippen LogP contribution in [0.25, 0.3) is 5.76 Å². The third kappa shape index (κ3) is 4.85. The van der Waals surface area contributed by atoms with Gasteiger partial charge in [-0.15, -0.1) is 13.2 Å². The van der Waals surface area contributed by atoms with E-state index in [4.69, 9.17) is 4.74 Å². The fourth-order valence-corrected chi connectivity index (χ4v) is 4.30. The van der Waals surface area contributed by atoms with E-state index in [2.05, 4.69) is 25.7 Å². The van der Waals surface area contributed by atoms with Crippen LogP contribution in [0.4, 0.5) is 18.9 Å². The lowest BCUT2D eigenvalue weighted by Gasteiger charge is -2.25. The van der Waals surface area contributed by atoms with Gasteiger partial charge in [-0.05, 0) is 64.0 Å². The zero-order valence-electron chi connectivity index (χ0n) is 17.9. The highest BCUT2D eigenvalue weighted by molar-refractivity contribution is 9.10. The number of hydrogen-bond donors (Lipinski definition) is 1. The van der Waals surface area contributed by atoms with E-state index in [1.807, 2.05) is 0 Å². The first-order chi connectivity index (χ1) is 16.6. The van der Waals surface area contributed by atoms with Crippen LogP contribution in [0.2, 0.25) is 0 Å². The van der Waals surface area contributed by atoms with Crippen LogP contribution in [0.5, 0.6) is 11.5 Å². The van der Waals surface area contributed by atoms with Gasteiger partial charge in [-0.2, -0.15) is 0 Å². The summed E-state index contributed by atoms with van der Waals surface area (Å²) in [6.07, 6.45) is -2.08. The number of anilines is 1. The number of carbonyl (C=O) groups excluding carboxylic acids is 2. The molecule has 1 aliphatic heterocycles. The van der Waals surface area contributed by atoms with Crippen molar-refractivity contribution in [1.29, 1.82) is 0 Å². The van der Waals surface area contributed by atoms with E-state index in [1.165, 1.54) is 55.9 Å². The molecule has 180 valence electrons. The number of methoxy groups -OCH3 is 1. The van der Waals surface area contributed by atoms with Crippen molar-refractivity contribution in [3.63, 3.8) is 0 Å². The smallest absolute Gasteiger partial charge is 0.507 e. The van der Waals surface area contributed by atoms with Crippen LogP contribution in [0.1, 0.15) is 17.2 Å². The molecule has 0 saturated carbocycles. The fourth-order valence-electron chi connectivity index (χ4n) is 3.76. The maximum absolute atomic E-state index is 13.1. The Bertz CT molecular complexity index is 1330. The number of pyridine rings is 1. The van der Waals surface area contributed by atoms with Crippen molar-refractivity contribution in [3.05, 3.63) is 88.2 Å². The van der Waals surface area contributed by atoms with Gasteiger partial charge in [0.25, 0.3) is 11.7 Å². The lowest BCUT2D eigenvalue weighted by Crippen LogP contribution is -2.29. The minimum absolute atomic E-state index is 0.0226. The Kier molecular flexibility index (Phi) is 6.53. The Morgan fingerprint density at radius 1 is 1.09 bits per heavy atom. The molecule has 2 heterocycles. The number of aromatic nitrogens is 1. The number of rotatable bonds is 5. The van der Waals surface area contributed by atoms with Crippen LogP contribution < -0.4 is 14.4 Å². The van der Waals surface area contributed by atoms with E-state index in [9.17, 15) is 27.9 Å². The van der Waals surface area contributed by atoms with Crippen LogP contribution in [-0.2, 0) is 9.59 Å². The molecule has 0 aliphatic carbocycles. The molecule has 11 heteroatoms. The van der Waals surface area contributed by atoms with Crippen LogP contribution in [0, 0.1) is 0 Å². The molecule has 0 bridgehead atoms. The van der Waals surface area contributed by atoms with Crippen LogP contribution in [0.15, 0.2) is 77.0 Å². The summed E-state index contributed by atoms with van der Waals surface area (Å²) in [6.45, 7) is 0. The largest absolute Gasteiger partial charge is 0.573 e. The van der Waals surface area contributed by atoms with E-state index in [0.717, 1.165) is 17.0 Å². The van der Waals surface area contributed by atoms with E-state index in [0.29, 0.717) is 15.8 Å². The quantitative estimate of drug-likeness (QED) is 0.261. The zero-order valence-corrected chi connectivity index (χ0v) is 19.5. The van der Waals surface area contributed by atoms with Crippen molar-refractivity contribution < 1.29 is 37.3 Å². The van der Waals surface area contributed by atoms with Gasteiger partial charge in [0.05, 0.1) is 23.2 Å². The van der Waals surface area contributed by atoms with Crippen molar-refractivity contribution in [3.8, 4) is 11.5 Å². The lowest BCUT2D eigenvalue weighted by atomic mass is 9.95. The molecular weight excluding hydrogens is 533 g/mol. The van der Waals surface area contributed by atoms with E-state index in [-0.39, 0.29) is 16.8 Å². The maximum Gasteiger partial charge on any atom is 0.573 e. The summed E-state index contributed by atoms with van der Waals surface area (Å²) in [6, 6.07) is 11.2. The number of ether oxygens (including phenoxy) is 2. The molecular formula is C24H16BrF3N2O5. The summed E-state index contributed by atoms with van der Waals surface area (Å²) in [4.78, 5) is 31.2. The van der Waals surface area contributed by atoms with Gasteiger partial charge in [0.15, 0.2) is 0 Å². The number of carbonyl (C=O) groups is 2. The summed E-state index contributed by atoms with van der Waals surface area (Å²) >= 11 is 3.32. The third-order valence-electron chi connectivity index (χ3n) is 5.22. The summed E-state index contributed by atoms with van der Waals surface area (Å²) in [7, 11) is 1.46. The van der Waals surface area contributed by atoms with Crippen LogP contribution in [-0.4, -0.2) is 35.3 Å². The Hall–Kier alpha value is -3.86. The lowest BCUT2D eigenvalue weighted by molar-refractivity contribution is -0.274. The van der Waals surface area contributed by atoms with Crippen molar-refractivity contribution >= 4 is 39.1 Å². The highest BCUT2D eigenvalue weighted by atomic mass is 79.9. The van der Waals surface area contributed by atoms with E-state index in [1.54, 1.807) is 6.07 Å². The number of halogens is 4. The van der Waals surface area contributed by atoms with Gasteiger partial charge in [0, 0.05) is 29.7 Å². The van der Waals surface area contributed by atoms with Crippen molar-refractivity contribution in [2.45, 2.75) is 12.4 Å². The standard InChI is InChI=1S/C24H16BrF3N2O5/c1-34-18-6-5-14(11-17(18)25)21(31)19-20(13-7-9-29-10-8-13)30(23(33)22(19)32)15-3-2-4-16(12-15)35-24(26,27)28/h2-12,20,31H,1H3/b21-19+. The Morgan fingerprint density at radius 3 is 2.43 bits per heavy atom. The van der Waals surface area contributed by atoms with Crippen molar-refractivity contribution in [1.82, 2.24) is 4.98 Å². The second-order valence-electron chi connectivity index (χ2n) is 7.34. The molecule has 1 N–H and O–H groups in total. The van der Waals surface area contributed by atoms with E-state index >= 15 is 0 Å². The van der Waals surface area contributed by atoms with E-state index < -0.39 is 35.6 Å². The van der Waals surface area contributed by atoms with Gasteiger partial charge in [0.1, 0.15) is 17.3 Å². The molecule has 1 aliphatic rings. The minimum atomic E-state index is -4.95. The average Bonchev–Trinajstić information content (AvgIpc) is 3.08. The van der Waals surface area contributed by atoms with Gasteiger partial charge in [-0.1, -0.05) is 6.07 Å². The number of alkyl halides is 3. The molecule has 1 aromatic heterocycles. The second-order valence-corrected chi connectivity index (χ2v) is 8.20. The zero-order chi connectivity index (χ0) is 25.3. The number of aliphatic hydroxyl groups excluding tert-OH is 1. The van der Waals surface area contributed by atoms with Crippen LogP contribution in [0.3, 0.4) is 0 Å². The highest BCUT2D eigenvalue weighted by Gasteiger charge is 2.47. The predicted molar refractivity (Wildman–Crippen MR) is 123 cm³/mol. The average molecular weight is 549 g/mol. The van der Waals surface area contributed by atoms with Gasteiger partial charge in [-0.25, -0.2) is 0 Å². The van der Waals surface area contributed by atoms with Gasteiger partial charge in [-0.3, -0.25) is 19.5 Å². The SMILES string of the molecule is COc1ccc(/C(O)=C2\C(=O)C(=O)N(c3cccc(OC(F)(F)F)c3)C2c2ccncc2)cc1Br. The van der Waals surface area contributed by atoms with Gasteiger partial charge < -0.3 is 14.6 Å². The summed E-state index contributed by atoms with van der Waals surface area (Å²) in [5.41, 5.74) is 0.380. The molecule has 1 unspecified atom stereocenters. The molecule has 4 rings (SSSR count). The van der Waals surface area contributed by atoms with Gasteiger partial charge >= 0.3 is 6.36 Å². The molecule has 1 atom stereocenters.